The van der Waals surface area contributed by atoms with Crippen LogP contribution in [0.3, 0.4) is 0 Å². The van der Waals surface area contributed by atoms with Crippen LogP contribution in [0.2, 0.25) is 0 Å². The number of aryl methyl sites for hydroxylation is 1. The smallest absolute Gasteiger partial charge is 0.123 e. The molecule has 1 aromatic heterocycles. The molecule has 0 spiro atoms. The molecule has 0 amide bonds. The van der Waals surface area contributed by atoms with Crippen LogP contribution in [0.1, 0.15) is 32.5 Å². The Morgan fingerprint density at radius 3 is 2.89 bits per heavy atom. The monoisotopic (exact) mass is 257 g/mol. The first kappa shape index (κ1) is 12.7. The topological polar surface area (TPSA) is 29.9 Å². The second kappa shape index (κ2) is 5.33. The van der Waals surface area contributed by atoms with Gasteiger partial charge in [0.1, 0.15) is 5.82 Å². The van der Waals surface area contributed by atoms with Crippen molar-refractivity contribution in [3.63, 3.8) is 0 Å². The summed E-state index contributed by atoms with van der Waals surface area (Å²) in [5.41, 5.74) is 2.38. The normalized spacial score (nSPS) is 22.0. The highest BCUT2D eigenvalue weighted by molar-refractivity contribution is 5.75. The highest BCUT2D eigenvalue weighted by atomic mass is 15.1. The Morgan fingerprint density at radius 2 is 2.16 bits per heavy atom. The van der Waals surface area contributed by atoms with Gasteiger partial charge in [0, 0.05) is 6.54 Å². The summed E-state index contributed by atoms with van der Waals surface area (Å²) in [7, 11) is 0. The lowest BCUT2D eigenvalue weighted by Crippen LogP contribution is -2.19. The number of aromatic nitrogens is 2. The third kappa shape index (κ3) is 2.66. The van der Waals surface area contributed by atoms with Crippen LogP contribution in [0.4, 0.5) is 0 Å². The molecule has 0 radical (unpaired) electrons. The van der Waals surface area contributed by atoms with Gasteiger partial charge in [0.25, 0.3) is 0 Å². The molecular weight excluding hydrogens is 234 g/mol. The van der Waals surface area contributed by atoms with E-state index in [0.717, 1.165) is 43.4 Å². The van der Waals surface area contributed by atoms with Gasteiger partial charge >= 0.3 is 0 Å². The quantitative estimate of drug-likeness (QED) is 0.861. The molecule has 3 heteroatoms. The summed E-state index contributed by atoms with van der Waals surface area (Å²) in [4.78, 5) is 4.77. The first-order valence-electron chi connectivity index (χ1n) is 7.44. The zero-order chi connectivity index (χ0) is 13.2. The third-order valence-corrected chi connectivity index (χ3v) is 4.15. The van der Waals surface area contributed by atoms with Gasteiger partial charge in [-0.1, -0.05) is 26.0 Å². The van der Waals surface area contributed by atoms with Gasteiger partial charge in [-0.15, -0.1) is 0 Å². The second-order valence-corrected chi connectivity index (χ2v) is 5.77. The van der Waals surface area contributed by atoms with Crippen LogP contribution in [-0.4, -0.2) is 16.1 Å². The maximum atomic E-state index is 4.77. The summed E-state index contributed by atoms with van der Waals surface area (Å²) >= 11 is 0. The minimum absolute atomic E-state index is 0.887. The lowest BCUT2D eigenvalue weighted by atomic mass is 10.3. The fraction of sp³-hybridized carbons (Fsp3) is 0.562. The van der Waals surface area contributed by atoms with Gasteiger partial charge in [-0.3, -0.25) is 0 Å². The van der Waals surface area contributed by atoms with Crippen molar-refractivity contribution in [3.05, 3.63) is 30.1 Å². The molecular formula is C16H23N3. The summed E-state index contributed by atoms with van der Waals surface area (Å²) in [6, 6.07) is 8.44. The van der Waals surface area contributed by atoms with E-state index >= 15 is 0 Å². The lowest BCUT2D eigenvalue weighted by molar-refractivity contribution is 0.567. The van der Waals surface area contributed by atoms with Crippen LogP contribution in [0, 0.1) is 11.8 Å². The van der Waals surface area contributed by atoms with E-state index < -0.39 is 0 Å². The standard InChI is InChI=1S/C16H23N3/c1-3-8-19-15-7-5-4-6-14(15)18-16(19)11-17-10-13-9-12(13)2/h4-7,12-13,17H,3,8-11H2,1-2H3. The van der Waals surface area contributed by atoms with Crippen molar-refractivity contribution in [1.29, 1.82) is 0 Å². The summed E-state index contributed by atoms with van der Waals surface area (Å²) in [5.74, 6) is 2.99. The van der Waals surface area contributed by atoms with Crippen LogP contribution in [0.25, 0.3) is 11.0 Å². The SMILES string of the molecule is CCCn1c(CNCC2CC2C)nc2ccccc21. The predicted octanol–water partition coefficient (Wildman–Crippen LogP) is 3.19. The average molecular weight is 257 g/mol. The average Bonchev–Trinajstić information content (AvgIpc) is 3.00. The molecule has 1 N–H and O–H groups in total. The molecule has 2 unspecified atom stereocenters. The van der Waals surface area contributed by atoms with Gasteiger partial charge in [-0.25, -0.2) is 4.98 Å². The van der Waals surface area contributed by atoms with E-state index in [2.05, 4.69) is 48.0 Å². The van der Waals surface area contributed by atoms with Crippen LogP contribution in [0.5, 0.6) is 0 Å². The molecule has 1 heterocycles. The fourth-order valence-corrected chi connectivity index (χ4v) is 2.79. The van der Waals surface area contributed by atoms with E-state index in [1.54, 1.807) is 0 Å². The number of hydrogen-bond acceptors (Lipinski definition) is 2. The number of hydrogen-bond donors (Lipinski definition) is 1. The molecule has 1 aliphatic rings. The van der Waals surface area contributed by atoms with Crippen LogP contribution < -0.4 is 5.32 Å². The fourth-order valence-electron chi connectivity index (χ4n) is 2.79. The molecule has 0 bridgehead atoms. The Labute approximate surface area is 115 Å². The zero-order valence-electron chi connectivity index (χ0n) is 11.9. The Hall–Kier alpha value is -1.35. The van der Waals surface area contributed by atoms with Gasteiger partial charge in [0.2, 0.25) is 0 Å². The summed E-state index contributed by atoms with van der Waals surface area (Å²) in [6.45, 7) is 7.63. The molecule has 3 rings (SSSR count). The predicted molar refractivity (Wildman–Crippen MR) is 79.0 cm³/mol. The lowest BCUT2D eigenvalue weighted by Gasteiger charge is -2.08. The molecule has 1 fully saturated rings. The minimum Gasteiger partial charge on any atom is -0.327 e. The van der Waals surface area contributed by atoms with Crippen molar-refractivity contribution in [2.45, 2.75) is 39.8 Å². The second-order valence-electron chi connectivity index (χ2n) is 5.77. The number of benzene rings is 1. The Morgan fingerprint density at radius 1 is 1.37 bits per heavy atom. The Bertz CT molecular complexity index is 558. The van der Waals surface area contributed by atoms with Crippen molar-refractivity contribution >= 4 is 11.0 Å². The van der Waals surface area contributed by atoms with Gasteiger partial charge in [0.05, 0.1) is 17.6 Å². The number of fused-ring (bicyclic) bond motifs is 1. The van der Waals surface area contributed by atoms with Gasteiger partial charge < -0.3 is 9.88 Å². The first-order chi connectivity index (χ1) is 9.29. The molecule has 0 aliphatic heterocycles. The van der Waals surface area contributed by atoms with Crippen molar-refractivity contribution in [2.75, 3.05) is 6.54 Å². The highest BCUT2D eigenvalue weighted by Crippen LogP contribution is 2.36. The summed E-state index contributed by atoms with van der Waals surface area (Å²) in [5, 5.41) is 3.57. The number of rotatable bonds is 6. The molecule has 1 aliphatic carbocycles. The van der Waals surface area contributed by atoms with E-state index in [9.17, 15) is 0 Å². The number of nitrogens with zero attached hydrogens (tertiary/aromatic N) is 2. The number of para-hydroxylation sites is 2. The van der Waals surface area contributed by atoms with E-state index in [1.165, 1.54) is 17.8 Å². The van der Waals surface area contributed by atoms with Gasteiger partial charge in [-0.2, -0.15) is 0 Å². The third-order valence-electron chi connectivity index (χ3n) is 4.15. The first-order valence-corrected chi connectivity index (χ1v) is 7.44. The number of nitrogens with one attached hydrogen (secondary N) is 1. The van der Waals surface area contributed by atoms with Crippen molar-refractivity contribution in [2.24, 2.45) is 11.8 Å². The van der Waals surface area contributed by atoms with Crippen molar-refractivity contribution in [3.8, 4) is 0 Å². The van der Waals surface area contributed by atoms with Crippen molar-refractivity contribution < 1.29 is 0 Å². The molecule has 1 aromatic carbocycles. The summed E-state index contributed by atoms with van der Waals surface area (Å²) < 4.78 is 2.36. The summed E-state index contributed by atoms with van der Waals surface area (Å²) in [6.07, 6.45) is 2.53. The van der Waals surface area contributed by atoms with Gasteiger partial charge in [0.15, 0.2) is 0 Å². The molecule has 2 atom stereocenters. The van der Waals surface area contributed by atoms with E-state index in [1.807, 2.05) is 0 Å². The molecule has 2 aromatic rings. The van der Waals surface area contributed by atoms with E-state index in [4.69, 9.17) is 4.98 Å². The maximum Gasteiger partial charge on any atom is 0.123 e. The Balaban J connectivity index is 1.74. The van der Waals surface area contributed by atoms with Crippen LogP contribution in [-0.2, 0) is 13.1 Å². The maximum absolute atomic E-state index is 4.77. The number of imidazole rings is 1. The van der Waals surface area contributed by atoms with Gasteiger partial charge in [-0.05, 0) is 43.4 Å². The molecule has 102 valence electrons. The van der Waals surface area contributed by atoms with Crippen LogP contribution in [0.15, 0.2) is 24.3 Å². The Kier molecular flexibility index (Phi) is 3.56. The minimum atomic E-state index is 0.887. The zero-order valence-corrected chi connectivity index (χ0v) is 11.9. The largest absolute Gasteiger partial charge is 0.327 e. The molecule has 1 saturated carbocycles. The molecule has 0 saturated heterocycles. The van der Waals surface area contributed by atoms with Crippen LogP contribution >= 0.6 is 0 Å². The van der Waals surface area contributed by atoms with Crippen molar-refractivity contribution in [1.82, 2.24) is 14.9 Å². The highest BCUT2D eigenvalue weighted by Gasteiger charge is 2.31. The molecule has 19 heavy (non-hydrogen) atoms. The van der Waals surface area contributed by atoms with E-state index in [0.29, 0.717) is 0 Å². The van der Waals surface area contributed by atoms with E-state index in [-0.39, 0.29) is 0 Å². The molecule has 3 nitrogen and oxygen atoms in total.